The van der Waals surface area contributed by atoms with Crippen LogP contribution in [-0.2, 0) is 19.0 Å². The Bertz CT molecular complexity index is 886. The van der Waals surface area contributed by atoms with E-state index in [1.807, 2.05) is 23.9 Å². The predicted molar refractivity (Wildman–Crippen MR) is 127 cm³/mol. The summed E-state index contributed by atoms with van der Waals surface area (Å²) in [4.78, 5) is 7.13. The van der Waals surface area contributed by atoms with Gasteiger partial charge in [-0.3, -0.25) is 9.67 Å². The van der Waals surface area contributed by atoms with E-state index in [0.29, 0.717) is 12.5 Å². The number of hydrogen-bond acceptors (Lipinski definition) is 4. The SMILES string of the molecule is CCNC(=NCC(C)(C)c1ccc(OC)c(OC)c1)N(C)Cc1cn(C)nc1C(C)C. The van der Waals surface area contributed by atoms with Crippen LogP contribution < -0.4 is 14.8 Å². The highest BCUT2D eigenvalue weighted by molar-refractivity contribution is 5.79. The monoisotopic (exact) mass is 429 g/mol. The van der Waals surface area contributed by atoms with Crippen LogP contribution in [0.4, 0.5) is 0 Å². The number of aryl methyl sites for hydroxylation is 1. The molecule has 1 N–H and O–H groups in total. The molecule has 0 saturated carbocycles. The second-order valence-corrected chi connectivity index (χ2v) is 8.85. The molecule has 0 atom stereocenters. The number of aliphatic imine (C=N–C) groups is 1. The first-order chi connectivity index (χ1) is 14.6. The fraction of sp³-hybridized carbons (Fsp3) is 0.583. The third-order valence-electron chi connectivity index (χ3n) is 5.38. The summed E-state index contributed by atoms with van der Waals surface area (Å²) in [6, 6.07) is 6.07. The fourth-order valence-electron chi connectivity index (χ4n) is 3.58. The lowest BCUT2D eigenvalue weighted by molar-refractivity contribution is 0.353. The Morgan fingerprint density at radius 2 is 1.90 bits per heavy atom. The number of benzene rings is 1. The third kappa shape index (κ3) is 6.15. The van der Waals surface area contributed by atoms with Gasteiger partial charge in [0.25, 0.3) is 0 Å². The maximum atomic E-state index is 5.48. The minimum atomic E-state index is -0.168. The van der Waals surface area contributed by atoms with Gasteiger partial charge in [0.15, 0.2) is 17.5 Å². The quantitative estimate of drug-likeness (QED) is 0.483. The van der Waals surface area contributed by atoms with Crippen molar-refractivity contribution in [3.8, 4) is 11.5 Å². The van der Waals surface area contributed by atoms with Crippen LogP contribution >= 0.6 is 0 Å². The molecule has 0 aliphatic heterocycles. The summed E-state index contributed by atoms with van der Waals surface area (Å²) in [6.45, 7) is 13.0. The molecule has 2 rings (SSSR count). The number of ether oxygens (including phenoxy) is 2. The Kier molecular flexibility index (Phi) is 8.36. The first-order valence-electron chi connectivity index (χ1n) is 10.9. The zero-order chi connectivity index (χ0) is 23.2. The maximum absolute atomic E-state index is 5.48. The zero-order valence-electron chi connectivity index (χ0n) is 20.6. The standard InChI is InChI=1S/C24H39N5O2/c1-10-25-23(28(6)14-18-15-29(7)27-22(18)17(2)3)26-16-24(4,5)19-11-12-20(30-8)21(13-19)31-9/h11-13,15,17H,10,14,16H2,1-9H3,(H,25,26). The van der Waals surface area contributed by atoms with Crippen LogP contribution in [-0.4, -0.2) is 55.0 Å². The minimum Gasteiger partial charge on any atom is -0.493 e. The van der Waals surface area contributed by atoms with E-state index >= 15 is 0 Å². The van der Waals surface area contributed by atoms with Crippen molar-refractivity contribution in [2.75, 3.05) is 34.4 Å². The highest BCUT2D eigenvalue weighted by Crippen LogP contribution is 2.33. The van der Waals surface area contributed by atoms with Gasteiger partial charge in [-0.05, 0) is 30.5 Å². The van der Waals surface area contributed by atoms with Crippen LogP contribution in [0.3, 0.4) is 0 Å². The normalized spacial score (nSPS) is 12.3. The molecule has 0 bridgehead atoms. The second kappa shape index (κ2) is 10.6. The number of hydrogen-bond donors (Lipinski definition) is 1. The summed E-state index contributed by atoms with van der Waals surface area (Å²) in [6.07, 6.45) is 2.10. The highest BCUT2D eigenvalue weighted by Gasteiger charge is 2.23. The van der Waals surface area contributed by atoms with Crippen molar-refractivity contribution in [3.63, 3.8) is 0 Å². The van der Waals surface area contributed by atoms with Gasteiger partial charge in [0.2, 0.25) is 0 Å². The summed E-state index contributed by atoms with van der Waals surface area (Å²) in [5.41, 5.74) is 3.35. The molecule has 0 radical (unpaired) electrons. The van der Waals surface area contributed by atoms with Crippen LogP contribution in [0.5, 0.6) is 11.5 Å². The Hall–Kier alpha value is -2.70. The average Bonchev–Trinajstić information content (AvgIpc) is 3.10. The smallest absolute Gasteiger partial charge is 0.193 e. The van der Waals surface area contributed by atoms with Gasteiger partial charge >= 0.3 is 0 Å². The molecule has 0 fully saturated rings. The molecule has 0 spiro atoms. The van der Waals surface area contributed by atoms with Gasteiger partial charge in [-0.15, -0.1) is 0 Å². The van der Waals surface area contributed by atoms with E-state index < -0.39 is 0 Å². The third-order valence-corrected chi connectivity index (χ3v) is 5.38. The number of aromatic nitrogens is 2. The Balaban J connectivity index is 2.23. The van der Waals surface area contributed by atoms with Gasteiger partial charge in [0.1, 0.15) is 0 Å². The molecule has 0 aliphatic carbocycles. The van der Waals surface area contributed by atoms with E-state index in [0.717, 1.165) is 41.8 Å². The molecule has 0 aliphatic rings. The maximum Gasteiger partial charge on any atom is 0.193 e. The molecule has 2 aromatic rings. The molecule has 0 amide bonds. The van der Waals surface area contributed by atoms with Gasteiger partial charge in [0.05, 0.1) is 26.5 Å². The molecule has 1 aromatic carbocycles. The Morgan fingerprint density at radius 1 is 1.23 bits per heavy atom. The second-order valence-electron chi connectivity index (χ2n) is 8.85. The number of rotatable bonds is 9. The number of nitrogens with zero attached hydrogens (tertiary/aromatic N) is 4. The summed E-state index contributed by atoms with van der Waals surface area (Å²) in [7, 11) is 7.36. The van der Waals surface area contributed by atoms with E-state index in [1.165, 1.54) is 5.56 Å². The van der Waals surface area contributed by atoms with Crippen molar-refractivity contribution in [2.24, 2.45) is 12.0 Å². The molecule has 31 heavy (non-hydrogen) atoms. The number of guanidine groups is 1. The van der Waals surface area contributed by atoms with Crippen molar-refractivity contribution in [1.82, 2.24) is 20.0 Å². The van der Waals surface area contributed by atoms with E-state index in [4.69, 9.17) is 14.5 Å². The van der Waals surface area contributed by atoms with Gasteiger partial charge in [-0.1, -0.05) is 33.8 Å². The molecular formula is C24H39N5O2. The Labute approximate surface area is 187 Å². The minimum absolute atomic E-state index is 0.168. The van der Waals surface area contributed by atoms with Crippen molar-refractivity contribution >= 4 is 5.96 Å². The van der Waals surface area contributed by atoms with Crippen LogP contribution in [0, 0.1) is 0 Å². The molecular weight excluding hydrogens is 390 g/mol. The number of nitrogens with one attached hydrogen (secondary N) is 1. The molecule has 1 aromatic heterocycles. The lowest BCUT2D eigenvalue weighted by Gasteiger charge is -2.27. The summed E-state index contributed by atoms with van der Waals surface area (Å²) < 4.78 is 12.7. The predicted octanol–water partition coefficient (Wildman–Crippen LogP) is 3.94. The molecule has 1 heterocycles. The lowest BCUT2D eigenvalue weighted by atomic mass is 9.84. The van der Waals surface area contributed by atoms with Gasteiger partial charge in [-0.2, -0.15) is 5.10 Å². The van der Waals surface area contributed by atoms with Crippen LogP contribution in [0.25, 0.3) is 0 Å². The molecule has 172 valence electrons. The zero-order valence-corrected chi connectivity index (χ0v) is 20.6. The van der Waals surface area contributed by atoms with E-state index in [1.54, 1.807) is 14.2 Å². The summed E-state index contributed by atoms with van der Waals surface area (Å²) in [5.74, 6) is 2.73. The van der Waals surface area contributed by atoms with Gasteiger partial charge in [0, 0.05) is 44.4 Å². The lowest BCUT2D eigenvalue weighted by Crippen LogP contribution is -2.39. The number of methoxy groups -OCH3 is 2. The highest BCUT2D eigenvalue weighted by atomic mass is 16.5. The fourth-order valence-corrected chi connectivity index (χ4v) is 3.58. The van der Waals surface area contributed by atoms with Gasteiger partial charge < -0.3 is 19.7 Å². The molecule has 0 saturated heterocycles. The first kappa shape index (κ1) is 24.6. The van der Waals surface area contributed by atoms with Crippen molar-refractivity contribution in [3.05, 3.63) is 41.2 Å². The van der Waals surface area contributed by atoms with Crippen molar-refractivity contribution in [2.45, 2.75) is 52.5 Å². The molecule has 0 unspecified atom stereocenters. The van der Waals surface area contributed by atoms with Crippen LogP contribution in [0.15, 0.2) is 29.4 Å². The van der Waals surface area contributed by atoms with E-state index in [2.05, 4.69) is 69.2 Å². The topological polar surface area (TPSA) is 63.9 Å². The summed E-state index contributed by atoms with van der Waals surface area (Å²) >= 11 is 0. The van der Waals surface area contributed by atoms with E-state index in [9.17, 15) is 0 Å². The van der Waals surface area contributed by atoms with E-state index in [-0.39, 0.29) is 5.41 Å². The summed E-state index contributed by atoms with van der Waals surface area (Å²) in [5, 5.41) is 8.06. The van der Waals surface area contributed by atoms with Crippen molar-refractivity contribution in [1.29, 1.82) is 0 Å². The first-order valence-corrected chi connectivity index (χ1v) is 10.9. The molecule has 7 heteroatoms. The Morgan fingerprint density at radius 3 is 2.48 bits per heavy atom. The van der Waals surface area contributed by atoms with Crippen LogP contribution in [0.1, 0.15) is 57.4 Å². The van der Waals surface area contributed by atoms with Crippen LogP contribution in [0.2, 0.25) is 0 Å². The van der Waals surface area contributed by atoms with Crippen molar-refractivity contribution < 1.29 is 9.47 Å². The molecule has 7 nitrogen and oxygen atoms in total. The largest absolute Gasteiger partial charge is 0.493 e. The average molecular weight is 430 g/mol. The van der Waals surface area contributed by atoms with Gasteiger partial charge in [-0.25, -0.2) is 0 Å².